The van der Waals surface area contributed by atoms with Crippen molar-refractivity contribution < 1.29 is 32.3 Å². The molecule has 0 saturated heterocycles. The first-order valence-electron chi connectivity index (χ1n) is 10.1. The van der Waals surface area contributed by atoms with Gasteiger partial charge in [-0.1, -0.05) is 25.9 Å². The highest BCUT2D eigenvalue weighted by Crippen LogP contribution is 2.30. The van der Waals surface area contributed by atoms with E-state index in [1.165, 1.54) is 18.2 Å². The molecule has 0 aliphatic rings. The number of carboxylic acid groups (broad SMARTS) is 1. The van der Waals surface area contributed by atoms with Gasteiger partial charge in [0.05, 0.1) is 29.8 Å². The average Bonchev–Trinajstić information content (AvgIpc) is 2.69. The molecule has 2 rings (SSSR count). The first kappa shape index (κ1) is 27.1. The van der Waals surface area contributed by atoms with Gasteiger partial charge in [-0.2, -0.15) is 0 Å². The smallest absolute Gasteiger partial charge is 0.337 e. The van der Waals surface area contributed by atoms with E-state index in [2.05, 4.69) is 10.5 Å². The van der Waals surface area contributed by atoms with Crippen molar-refractivity contribution in [2.45, 2.75) is 40.0 Å². The predicted molar refractivity (Wildman–Crippen MR) is 132 cm³/mol. The van der Waals surface area contributed by atoms with Crippen LogP contribution in [-0.4, -0.2) is 39.0 Å². The Morgan fingerprint density at radius 2 is 1.91 bits per heavy atom. The van der Waals surface area contributed by atoms with E-state index < -0.39 is 55.4 Å². The predicted octanol–water partition coefficient (Wildman–Crippen LogP) is 5.92. The quantitative estimate of drug-likeness (QED) is 0.163. The van der Waals surface area contributed by atoms with Crippen LogP contribution < -0.4 is 5.32 Å². The summed E-state index contributed by atoms with van der Waals surface area (Å²) in [6, 6.07) is 4.92. The number of hydrogen-bond donors (Lipinski definition) is 2. The maximum absolute atomic E-state index is 14.8. The van der Waals surface area contributed by atoms with Crippen LogP contribution in [0.25, 0.3) is 0 Å². The van der Waals surface area contributed by atoms with Crippen LogP contribution in [0, 0.1) is 26.4 Å². The van der Waals surface area contributed by atoms with E-state index in [1.807, 2.05) is 56.5 Å². The molecule has 180 valence electrons. The van der Waals surface area contributed by atoms with E-state index in [9.17, 15) is 23.1 Å². The minimum absolute atomic E-state index is 0.192. The standard InChI is InChI=1S/C22H26F3IN2O4Si/c1-22(2,3)17(11-31-33(4)5)32-27-10-12-8-14(21(29)30)20(19(25)18(12)24)28-16-7-6-13(26)9-15(16)23/h6-10,17,28,33H,11H2,1-5H3,(H,29,30). The zero-order valence-electron chi connectivity index (χ0n) is 18.9. The van der Waals surface area contributed by atoms with E-state index in [1.54, 1.807) is 0 Å². The highest BCUT2D eigenvalue weighted by Gasteiger charge is 2.28. The molecular weight excluding hydrogens is 568 g/mol. The Labute approximate surface area is 206 Å². The van der Waals surface area contributed by atoms with Crippen LogP contribution in [0.4, 0.5) is 24.5 Å². The fourth-order valence-corrected chi connectivity index (χ4v) is 3.65. The first-order valence-corrected chi connectivity index (χ1v) is 13.9. The topological polar surface area (TPSA) is 80.2 Å². The van der Waals surface area contributed by atoms with Crippen LogP contribution in [-0.2, 0) is 9.26 Å². The number of carbonyl (C=O) groups is 1. The maximum Gasteiger partial charge on any atom is 0.337 e. The molecule has 2 aromatic carbocycles. The van der Waals surface area contributed by atoms with Crippen molar-refractivity contribution in [1.82, 2.24) is 0 Å². The summed E-state index contributed by atoms with van der Waals surface area (Å²) in [6.07, 6.45) is 0.450. The molecule has 1 atom stereocenters. The molecule has 0 radical (unpaired) electrons. The van der Waals surface area contributed by atoms with E-state index in [4.69, 9.17) is 9.26 Å². The number of hydrogen-bond acceptors (Lipinski definition) is 5. The molecule has 33 heavy (non-hydrogen) atoms. The number of aromatic carboxylic acids is 1. The van der Waals surface area contributed by atoms with Gasteiger partial charge >= 0.3 is 5.97 Å². The number of carboxylic acids is 1. The molecule has 0 aliphatic carbocycles. The Balaban J connectivity index is 2.36. The molecule has 2 aromatic rings. The lowest BCUT2D eigenvalue weighted by atomic mass is 9.90. The molecule has 0 aromatic heterocycles. The lowest BCUT2D eigenvalue weighted by molar-refractivity contribution is -0.0412. The normalized spacial score (nSPS) is 12.9. The molecule has 6 nitrogen and oxygen atoms in total. The summed E-state index contributed by atoms with van der Waals surface area (Å²) in [5.74, 6) is -5.09. The summed E-state index contributed by atoms with van der Waals surface area (Å²) in [7, 11) is -1.31. The summed E-state index contributed by atoms with van der Waals surface area (Å²) in [4.78, 5) is 17.2. The van der Waals surface area contributed by atoms with E-state index in [0.717, 1.165) is 12.3 Å². The number of halogens is 4. The number of nitrogens with zero attached hydrogens (tertiary/aromatic N) is 1. The third-order valence-electron chi connectivity index (χ3n) is 4.58. The molecule has 0 fully saturated rings. The van der Waals surface area contributed by atoms with Gasteiger partial charge in [-0.15, -0.1) is 0 Å². The van der Waals surface area contributed by atoms with Gasteiger partial charge in [0.2, 0.25) is 0 Å². The van der Waals surface area contributed by atoms with Crippen molar-refractivity contribution in [3.8, 4) is 0 Å². The van der Waals surface area contributed by atoms with Gasteiger partial charge in [0, 0.05) is 14.5 Å². The Kier molecular flexibility index (Phi) is 9.32. The molecule has 2 N–H and O–H groups in total. The molecule has 1 unspecified atom stereocenters. The molecule has 0 heterocycles. The first-order chi connectivity index (χ1) is 15.3. The Hall–Kier alpha value is -2.12. The summed E-state index contributed by atoms with van der Waals surface area (Å²) in [5.41, 5.74) is -2.24. The Morgan fingerprint density at radius 3 is 2.45 bits per heavy atom. The van der Waals surface area contributed by atoms with Gasteiger partial charge in [0.25, 0.3) is 0 Å². The van der Waals surface area contributed by atoms with Crippen LogP contribution in [0.2, 0.25) is 13.1 Å². The largest absolute Gasteiger partial charge is 0.478 e. The monoisotopic (exact) mass is 594 g/mol. The molecule has 0 bridgehead atoms. The van der Waals surface area contributed by atoms with Crippen molar-refractivity contribution in [2.24, 2.45) is 10.6 Å². The summed E-state index contributed by atoms with van der Waals surface area (Å²) < 4.78 is 50.0. The molecule has 0 spiro atoms. The highest BCUT2D eigenvalue weighted by atomic mass is 127. The minimum Gasteiger partial charge on any atom is -0.478 e. The van der Waals surface area contributed by atoms with Crippen LogP contribution in [0.1, 0.15) is 36.7 Å². The summed E-state index contributed by atoms with van der Waals surface area (Å²) >= 11 is 1.89. The van der Waals surface area contributed by atoms with Crippen LogP contribution in [0.15, 0.2) is 29.4 Å². The fourth-order valence-electron chi connectivity index (χ4n) is 2.64. The number of rotatable bonds is 9. The second-order valence-corrected chi connectivity index (χ2v) is 12.3. The zero-order valence-corrected chi connectivity index (χ0v) is 22.2. The lowest BCUT2D eigenvalue weighted by Crippen LogP contribution is -2.34. The summed E-state index contributed by atoms with van der Waals surface area (Å²) in [6.45, 7) is 10.1. The third kappa shape index (κ3) is 7.44. The average molecular weight is 594 g/mol. The number of benzene rings is 2. The lowest BCUT2D eigenvalue weighted by Gasteiger charge is -2.28. The van der Waals surface area contributed by atoms with Gasteiger partial charge < -0.3 is 19.7 Å². The van der Waals surface area contributed by atoms with Crippen molar-refractivity contribution >= 4 is 55.2 Å². The van der Waals surface area contributed by atoms with Gasteiger partial charge in [0.15, 0.2) is 26.8 Å². The second kappa shape index (κ2) is 11.3. The number of nitrogens with one attached hydrogen (secondary N) is 1. The third-order valence-corrected chi connectivity index (χ3v) is 6.11. The molecule has 0 amide bonds. The van der Waals surface area contributed by atoms with E-state index in [-0.39, 0.29) is 17.7 Å². The maximum atomic E-state index is 14.8. The highest BCUT2D eigenvalue weighted by molar-refractivity contribution is 14.1. The van der Waals surface area contributed by atoms with Gasteiger partial charge in [-0.25, -0.2) is 18.0 Å². The van der Waals surface area contributed by atoms with E-state index in [0.29, 0.717) is 3.57 Å². The molecule has 0 aliphatic heterocycles. The van der Waals surface area contributed by atoms with Gasteiger partial charge in [-0.3, -0.25) is 0 Å². The van der Waals surface area contributed by atoms with Crippen molar-refractivity contribution in [1.29, 1.82) is 0 Å². The fraction of sp³-hybridized carbons (Fsp3) is 0.364. The summed E-state index contributed by atoms with van der Waals surface area (Å²) in [5, 5.41) is 15.6. The minimum atomic E-state index is -1.53. The van der Waals surface area contributed by atoms with Crippen molar-refractivity contribution in [3.05, 3.63) is 56.4 Å². The molecular formula is C22H26F3IN2O4Si. The second-order valence-electron chi connectivity index (χ2n) is 8.65. The van der Waals surface area contributed by atoms with E-state index >= 15 is 0 Å². The Morgan fingerprint density at radius 1 is 1.24 bits per heavy atom. The number of oxime groups is 1. The van der Waals surface area contributed by atoms with Crippen LogP contribution in [0.5, 0.6) is 0 Å². The van der Waals surface area contributed by atoms with Crippen LogP contribution in [0.3, 0.4) is 0 Å². The van der Waals surface area contributed by atoms with Gasteiger partial charge in [0.1, 0.15) is 5.82 Å². The van der Waals surface area contributed by atoms with Gasteiger partial charge in [-0.05, 0) is 60.0 Å². The number of anilines is 2. The molecule has 11 heteroatoms. The van der Waals surface area contributed by atoms with Crippen LogP contribution >= 0.6 is 22.6 Å². The SMILES string of the molecule is C[SiH](C)OCC(ON=Cc1cc(C(=O)O)c(Nc2ccc(I)cc2F)c(F)c1F)C(C)(C)C. The molecule has 0 saturated carbocycles. The Bertz CT molecular complexity index is 1050. The van der Waals surface area contributed by atoms with Crippen molar-refractivity contribution in [2.75, 3.05) is 11.9 Å². The van der Waals surface area contributed by atoms with Crippen molar-refractivity contribution in [3.63, 3.8) is 0 Å². The zero-order chi connectivity index (χ0) is 24.9.